The number of aliphatic hydroxyl groups excluding tert-OH is 1. The number of piperazine rings is 1. The summed E-state index contributed by atoms with van der Waals surface area (Å²) in [6.07, 6.45) is 1.46. The first-order chi connectivity index (χ1) is 11.8. The molecule has 4 heterocycles. The van der Waals surface area contributed by atoms with Gasteiger partial charge in [0, 0.05) is 37.6 Å². The summed E-state index contributed by atoms with van der Waals surface area (Å²) >= 11 is 3.19. The zero-order valence-corrected chi connectivity index (χ0v) is 14.7. The van der Waals surface area contributed by atoms with Gasteiger partial charge in [0.2, 0.25) is 10.8 Å². The first kappa shape index (κ1) is 16.0. The highest BCUT2D eigenvalue weighted by atomic mass is 32.1. The summed E-state index contributed by atoms with van der Waals surface area (Å²) in [5.41, 5.74) is 0. The maximum absolute atomic E-state index is 10.6. The molecule has 0 unspecified atom stereocenters. The van der Waals surface area contributed by atoms with Gasteiger partial charge in [-0.25, -0.2) is 4.98 Å². The van der Waals surface area contributed by atoms with Gasteiger partial charge in [-0.3, -0.25) is 9.80 Å². The van der Waals surface area contributed by atoms with Gasteiger partial charge >= 0.3 is 0 Å². The number of thiazole rings is 1. The van der Waals surface area contributed by atoms with E-state index in [4.69, 9.17) is 5.11 Å². The molecule has 0 aliphatic carbocycles. The fraction of sp³-hybridized carbons (Fsp3) is 0.467. The smallest absolute Gasteiger partial charge is 0.230 e. The fourth-order valence-corrected chi connectivity index (χ4v) is 5.20. The molecule has 3 aromatic heterocycles. The zero-order valence-electron chi connectivity index (χ0n) is 13.1. The predicted molar refractivity (Wildman–Crippen MR) is 93.8 cm³/mol. The molecule has 0 bridgehead atoms. The molecule has 2 N–H and O–H groups in total. The van der Waals surface area contributed by atoms with E-state index in [1.54, 1.807) is 11.3 Å². The Morgan fingerprint density at radius 3 is 2.75 bits per heavy atom. The third kappa shape index (κ3) is 2.82. The molecule has 3 aromatic rings. The molecule has 0 radical (unpaired) electrons. The Morgan fingerprint density at radius 1 is 1.25 bits per heavy atom. The zero-order chi connectivity index (χ0) is 16.5. The molecule has 1 fully saturated rings. The van der Waals surface area contributed by atoms with Crippen molar-refractivity contribution >= 4 is 27.6 Å². The van der Waals surface area contributed by atoms with Gasteiger partial charge in [-0.2, -0.15) is 9.61 Å². The molecule has 1 atom stereocenters. The SMILES string of the molecule is OCCN1CCN([C@@H](c2cccs2)c2sc3ncnn3c2O)CC1. The van der Waals surface area contributed by atoms with E-state index in [1.165, 1.54) is 27.1 Å². The van der Waals surface area contributed by atoms with Gasteiger partial charge in [0.1, 0.15) is 6.33 Å². The number of fused-ring (bicyclic) bond motifs is 1. The number of rotatable bonds is 5. The van der Waals surface area contributed by atoms with Crippen LogP contribution < -0.4 is 0 Å². The third-order valence-corrected chi connectivity index (χ3v) is 6.40. The predicted octanol–water partition coefficient (Wildman–Crippen LogP) is 1.26. The van der Waals surface area contributed by atoms with Crippen LogP contribution in [0.1, 0.15) is 15.8 Å². The summed E-state index contributed by atoms with van der Waals surface area (Å²) in [6, 6.07) is 4.18. The number of β-amino-alcohol motifs (C(OH)–C–C–N with tert-alkyl or cyclic N) is 1. The second kappa shape index (κ2) is 6.77. The van der Waals surface area contributed by atoms with Gasteiger partial charge < -0.3 is 10.2 Å². The van der Waals surface area contributed by atoms with Crippen LogP contribution in [0.15, 0.2) is 23.8 Å². The molecule has 0 spiro atoms. The van der Waals surface area contributed by atoms with E-state index in [0.717, 1.165) is 37.6 Å². The Bertz CT molecular complexity index is 792. The van der Waals surface area contributed by atoms with Crippen LogP contribution in [0.5, 0.6) is 5.88 Å². The van der Waals surface area contributed by atoms with Crippen molar-refractivity contribution in [3.63, 3.8) is 0 Å². The summed E-state index contributed by atoms with van der Waals surface area (Å²) in [4.78, 5) is 11.7. The van der Waals surface area contributed by atoms with Crippen LogP contribution in [0.4, 0.5) is 0 Å². The van der Waals surface area contributed by atoms with Crippen LogP contribution in [-0.2, 0) is 0 Å². The average Bonchev–Trinajstić information content (AvgIpc) is 3.31. The first-order valence-electron chi connectivity index (χ1n) is 7.90. The minimum Gasteiger partial charge on any atom is -0.492 e. The summed E-state index contributed by atoms with van der Waals surface area (Å²) in [7, 11) is 0. The molecule has 24 heavy (non-hydrogen) atoms. The van der Waals surface area contributed by atoms with E-state index >= 15 is 0 Å². The lowest BCUT2D eigenvalue weighted by Crippen LogP contribution is -2.48. The van der Waals surface area contributed by atoms with Crippen LogP contribution >= 0.6 is 22.7 Å². The second-order valence-electron chi connectivity index (χ2n) is 5.76. The molecular weight excluding hydrogens is 346 g/mol. The van der Waals surface area contributed by atoms with Crippen LogP contribution in [0.3, 0.4) is 0 Å². The summed E-state index contributed by atoms with van der Waals surface area (Å²) in [5, 5.41) is 25.9. The van der Waals surface area contributed by atoms with E-state index < -0.39 is 0 Å². The quantitative estimate of drug-likeness (QED) is 0.709. The van der Waals surface area contributed by atoms with E-state index in [-0.39, 0.29) is 18.5 Å². The third-order valence-electron chi connectivity index (χ3n) is 4.39. The van der Waals surface area contributed by atoms with Crippen LogP contribution in [0.25, 0.3) is 4.96 Å². The van der Waals surface area contributed by atoms with Crippen molar-refractivity contribution in [2.24, 2.45) is 0 Å². The van der Waals surface area contributed by atoms with E-state index in [9.17, 15) is 5.11 Å². The molecule has 1 aliphatic rings. The molecule has 7 nitrogen and oxygen atoms in total. The fourth-order valence-electron chi connectivity index (χ4n) is 3.18. The van der Waals surface area contributed by atoms with Crippen molar-refractivity contribution in [2.75, 3.05) is 39.3 Å². The average molecular weight is 365 g/mol. The highest BCUT2D eigenvalue weighted by Crippen LogP contribution is 2.41. The number of nitrogens with zero attached hydrogens (tertiary/aromatic N) is 5. The second-order valence-corrected chi connectivity index (χ2v) is 7.75. The maximum Gasteiger partial charge on any atom is 0.230 e. The minimum atomic E-state index is 0.0229. The number of aromatic hydroxyl groups is 1. The van der Waals surface area contributed by atoms with Gasteiger partial charge in [0.25, 0.3) is 0 Å². The lowest BCUT2D eigenvalue weighted by atomic mass is 10.1. The number of aliphatic hydroxyl groups is 1. The van der Waals surface area contributed by atoms with Crippen molar-refractivity contribution in [3.05, 3.63) is 33.6 Å². The Hall–Kier alpha value is -1.52. The Labute approximate surface area is 147 Å². The molecule has 4 rings (SSSR count). The van der Waals surface area contributed by atoms with Crippen molar-refractivity contribution < 1.29 is 10.2 Å². The Kier molecular flexibility index (Phi) is 4.51. The molecule has 1 saturated heterocycles. The molecule has 128 valence electrons. The van der Waals surface area contributed by atoms with Crippen molar-refractivity contribution in [1.82, 2.24) is 24.4 Å². The van der Waals surface area contributed by atoms with E-state index in [1.807, 2.05) is 6.07 Å². The lowest BCUT2D eigenvalue weighted by Gasteiger charge is -2.38. The molecule has 0 amide bonds. The highest BCUT2D eigenvalue weighted by Gasteiger charge is 2.31. The number of thiophene rings is 1. The molecule has 0 saturated carbocycles. The summed E-state index contributed by atoms with van der Waals surface area (Å²) in [5.74, 6) is 0.184. The topological polar surface area (TPSA) is 77.1 Å². The molecule has 0 aromatic carbocycles. The van der Waals surface area contributed by atoms with Crippen LogP contribution in [0.2, 0.25) is 0 Å². The first-order valence-corrected chi connectivity index (χ1v) is 9.59. The summed E-state index contributed by atoms with van der Waals surface area (Å²) < 4.78 is 1.50. The Morgan fingerprint density at radius 2 is 2.08 bits per heavy atom. The van der Waals surface area contributed by atoms with Crippen molar-refractivity contribution in [1.29, 1.82) is 0 Å². The van der Waals surface area contributed by atoms with Gasteiger partial charge in [0.15, 0.2) is 0 Å². The van der Waals surface area contributed by atoms with Crippen molar-refractivity contribution in [2.45, 2.75) is 6.04 Å². The number of aromatic nitrogens is 3. The van der Waals surface area contributed by atoms with Crippen LogP contribution in [0, 0.1) is 0 Å². The number of hydrogen-bond donors (Lipinski definition) is 2. The summed E-state index contributed by atoms with van der Waals surface area (Å²) in [6.45, 7) is 4.56. The number of hydrogen-bond acceptors (Lipinski definition) is 8. The molecule has 9 heteroatoms. The molecular formula is C15H19N5O2S2. The van der Waals surface area contributed by atoms with Gasteiger partial charge in [-0.05, 0) is 11.4 Å². The van der Waals surface area contributed by atoms with Crippen LogP contribution in [-0.4, -0.2) is 73.9 Å². The Balaban J connectivity index is 1.66. The van der Waals surface area contributed by atoms with Gasteiger partial charge in [0.05, 0.1) is 17.5 Å². The van der Waals surface area contributed by atoms with Crippen molar-refractivity contribution in [3.8, 4) is 5.88 Å². The highest BCUT2D eigenvalue weighted by molar-refractivity contribution is 7.17. The molecule has 1 aliphatic heterocycles. The maximum atomic E-state index is 10.6. The van der Waals surface area contributed by atoms with E-state index in [2.05, 4.69) is 31.3 Å². The normalized spacial score (nSPS) is 18.4. The standard InChI is InChI=1S/C15H19N5O2S2/c21-8-7-18-3-5-19(6-4-18)12(11-2-1-9-23-11)13-14(22)20-15(24-13)16-10-17-20/h1-2,9-10,12,21-22H,3-8H2/t12-/m0/s1. The monoisotopic (exact) mass is 365 g/mol. The van der Waals surface area contributed by atoms with E-state index in [0.29, 0.717) is 4.96 Å². The van der Waals surface area contributed by atoms with Gasteiger partial charge in [-0.15, -0.1) is 11.3 Å². The lowest BCUT2D eigenvalue weighted by molar-refractivity contribution is 0.0954. The van der Waals surface area contributed by atoms with Gasteiger partial charge in [-0.1, -0.05) is 17.4 Å². The largest absolute Gasteiger partial charge is 0.492 e. The minimum absolute atomic E-state index is 0.0229.